The number of halogens is 3. The number of carboxylic acid groups (broad SMARTS) is 1. The molecule has 2 aromatic carbocycles. The van der Waals surface area contributed by atoms with E-state index in [0.717, 1.165) is 0 Å². The summed E-state index contributed by atoms with van der Waals surface area (Å²) in [5.41, 5.74) is 1.97. The van der Waals surface area contributed by atoms with Crippen molar-refractivity contribution in [1.29, 1.82) is 0 Å². The van der Waals surface area contributed by atoms with Crippen LogP contribution >= 0.6 is 0 Å². The molecule has 0 bridgehead atoms. The molecule has 0 saturated heterocycles. The van der Waals surface area contributed by atoms with Crippen molar-refractivity contribution >= 4 is 5.97 Å². The second kappa shape index (κ2) is 5.47. The Labute approximate surface area is 118 Å². The summed E-state index contributed by atoms with van der Waals surface area (Å²) in [6, 6.07) is 10.1. The summed E-state index contributed by atoms with van der Waals surface area (Å²) in [5, 5.41) is 9.06. The van der Waals surface area contributed by atoms with Gasteiger partial charge in [0.2, 0.25) is 0 Å². The molecule has 0 spiro atoms. The van der Waals surface area contributed by atoms with Crippen molar-refractivity contribution in [2.75, 3.05) is 0 Å². The fraction of sp³-hybridized carbons (Fsp3) is 0.133. The molecule has 2 rings (SSSR count). The number of hydrogen-bond acceptors (Lipinski definition) is 2. The van der Waals surface area contributed by atoms with Crippen molar-refractivity contribution < 1.29 is 27.8 Å². The Bertz CT molecular complexity index is 661. The van der Waals surface area contributed by atoms with E-state index >= 15 is 0 Å². The fourth-order valence-electron chi connectivity index (χ4n) is 2.02. The van der Waals surface area contributed by atoms with Gasteiger partial charge in [-0.3, -0.25) is 0 Å². The number of carboxylic acids is 1. The Hall–Kier alpha value is -2.50. The number of ether oxygens (including phenoxy) is 1. The summed E-state index contributed by atoms with van der Waals surface area (Å²) in [6.45, 7) is 1.65. The van der Waals surface area contributed by atoms with Gasteiger partial charge >= 0.3 is 12.3 Å². The van der Waals surface area contributed by atoms with Crippen LogP contribution in [0.25, 0.3) is 11.1 Å². The average molecular weight is 296 g/mol. The molecule has 0 radical (unpaired) electrons. The molecule has 0 saturated carbocycles. The molecule has 0 aliphatic heterocycles. The van der Waals surface area contributed by atoms with Crippen LogP contribution in [0.4, 0.5) is 13.2 Å². The molecule has 6 heteroatoms. The van der Waals surface area contributed by atoms with Crippen LogP contribution in [0.2, 0.25) is 0 Å². The number of rotatable bonds is 3. The summed E-state index contributed by atoms with van der Waals surface area (Å²) in [6.07, 6.45) is -4.74. The minimum absolute atomic E-state index is 0.156. The summed E-state index contributed by atoms with van der Waals surface area (Å²) in [5.74, 6) is -1.37. The van der Waals surface area contributed by atoms with Gasteiger partial charge in [0.25, 0.3) is 0 Å². The second-order valence-electron chi connectivity index (χ2n) is 4.36. The molecule has 0 amide bonds. The van der Waals surface area contributed by atoms with Crippen LogP contribution in [-0.2, 0) is 0 Å². The van der Waals surface area contributed by atoms with Gasteiger partial charge in [-0.05, 0) is 41.8 Å². The highest BCUT2D eigenvalue weighted by atomic mass is 19.4. The molecular formula is C15H11F3O3. The monoisotopic (exact) mass is 296 g/mol. The zero-order valence-corrected chi connectivity index (χ0v) is 10.9. The minimum Gasteiger partial charge on any atom is -0.478 e. The van der Waals surface area contributed by atoms with Crippen LogP contribution in [0.5, 0.6) is 5.75 Å². The number of benzene rings is 2. The van der Waals surface area contributed by atoms with Crippen LogP contribution in [0.15, 0.2) is 42.5 Å². The van der Waals surface area contributed by atoms with Crippen LogP contribution in [0.3, 0.4) is 0 Å². The Morgan fingerprint density at radius 3 is 2.24 bits per heavy atom. The van der Waals surface area contributed by atoms with Crippen molar-refractivity contribution in [3.05, 3.63) is 53.6 Å². The molecular weight excluding hydrogens is 285 g/mol. The van der Waals surface area contributed by atoms with E-state index < -0.39 is 12.3 Å². The van der Waals surface area contributed by atoms with E-state index in [4.69, 9.17) is 5.11 Å². The molecule has 0 aliphatic carbocycles. The van der Waals surface area contributed by atoms with E-state index in [-0.39, 0.29) is 11.3 Å². The highest BCUT2D eigenvalue weighted by Gasteiger charge is 2.30. The highest BCUT2D eigenvalue weighted by Crippen LogP contribution is 2.29. The van der Waals surface area contributed by atoms with E-state index in [1.807, 2.05) is 0 Å². The first-order valence-corrected chi connectivity index (χ1v) is 5.97. The van der Waals surface area contributed by atoms with Gasteiger partial charge in [0.1, 0.15) is 5.75 Å². The Morgan fingerprint density at radius 1 is 1.10 bits per heavy atom. The smallest absolute Gasteiger partial charge is 0.478 e. The summed E-state index contributed by atoms with van der Waals surface area (Å²) < 4.78 is 40.0. The number of alkyl halides is 3. The van der Waals surface area contributed by atoms with Crippen molar-refractivity contribution in [3.63, 3.8) is 0 Å². The van der Waals surface area contributed by atoms with Crippen LogP contribution in [-0.4, -0.2) is 17.4 Å². The molecule has 3 nitrogen and oxygen atoms in total. The maximum atomic E-state index is 12.1. The van der Waals surface area contributed by atoms with Gasteiger partial charge < -0.3 is 9.84 Å². The highest BCUT2D eigenvalue weighted by molar-refractivity contribution is 5.92. The van der Waals surface area contributed by atoms with E-state index in [9.17, 15) is 18.0 Å². The van der Waals surface area contributed by atoms with Gasteiger partial charge in [-0.1, -0.05) is 24.3 Å². The van der Waals surface area contributed by atoms with Gasteiger partial charge in [-0.15, -0.1) is 13.2 Å². The Morgan fingerprint density at radius 2 is 1.71 bits per heavy atom. The van der Waals surface area contributed by atoms with Crippen molar-refractivity contribution in [2.24, 2.45) is 0 Å². The van der Waals surface area contributed by atoms with Gasteiger partial charge in [-0.25, -0.2) is 4.79 Å². The maximum absolute atomic E-state index is 12.1. The van der Waals surface area contributed by atoms with Crippen LogP contribution in [0.1, 0.15) is 15.9 Å². The lowest BCUT2D eigenvalue weighted by Gasteiger charge is -2.11. The Kier molecular flexibility index (Phi) is 3.88. The number of carbonyl (C=O) groups is 1. The molecule has 0 unspecified atom stereocenters. The molecule has 0 atom stereocenters. The molecule has 2 aromatic rings. The van der Waals surface area contributed by atoms with Gasteiger partial charge in [0.05, 0.1) is 5.56 Å². The minimum atomic E-state index is -4.74. The van der Waals surface area contributed by atoms with E-state index in [2.05, 4.69) is 4.74 Å². The van der Waals surface area contributed by atoms with Crippen molar-refractivity contribution in [1.82, 2.24) is 0 Å². The van der Waals surface area contributed by atoms with E-state index in [1.165, 1.54) is 30.3 Å². The first-order valence-electron chi connectivity index (χ1n) is 5.97. The summed E-state index contributed by atoms with van der Waals surface area (Å²) >= 11 is 0. The molecule has 0 aromatic heterocycles. The third kappa shape index (κ3) is 3.53. The molecule has 21 heavy (non-hydrogen) atoms. The second-order valence-corrected chi connectivity index (χ2v) is 4.36. The van der Waals surface area contributed by atoms with Gasteiger partial charge in [-0.2, -0.15) is 0 Å². The van der Waals surface area contributed by atoms with Crippen LogP contribution < -0.4 is 4.74 Å². The van der Waals surface area contributed by atoms with E-state index in [1.54, 1.807) is 19.1 Å². The van der Waals surface area contributed by atoms with Gasteiger partial charge in [0, 0.05) is 0 Å². The molecule has 0 aliphatic rings. The number of hydrogen-bond donors (Lipinski definition) is 1. The largest absolute Gasteiger partial charge is 0.573 e. The Balaban J connectivity index is 2.35. The SMILES string of the molecule is Cc1c(C(=O)O)cccc1-c1ccc(OC(F)(F)F)cc1. The zero-order valence-electron chi connectivity index (χ0n) is 10.9. The molecule has 1 N–H and O–H groups in total. The molecule has 0 fully saturated rings. The topological polar surface area (TPSA) is 46.5 Å². The molecule has 110 valence electrons. The first kappa shape index (κ1) is 14.9. The lowest BCUT2D eigenvalue weighted by molar-refractivity contribution is -0.274. The lowest BCUT2D eigenvalue weighted by Crippen LogP contribution is -2.16. The summed E-state index contributed by atoms with van der Waals surface area (Å²) in [4.78, 5) is 11.1. The zero-order chi connectivity index (χ0) is 15.6. The summed E-state index contributed by atoms with van der Waals surface area (Å²) in [7, 11) is 0. The third-order valence-electron chi connectivity index (χ3n) is 2.96. The van der Waals surface area contributed by atoms with Crippen molar-refractivity contribution in [2.45, 2.75) is 13.3 Å². The quantitative estimate of drug-likeness (QED) is 0.920. The van der Waals surface area contributed by atoms with Gasteiger partial charge in [0.15, 0.2) is 0 Å². The third-order valence-corrected chi connectivity index (χ3v) is 2.96. The normalized spacial score (nSPS) is 11.2. The number of aromatic carboxylic acids is 1. The van der Waals surface area contributed by atoms with E-state index in [0.29, 0.717) is 16.7 Å². The first-order chi connectivity index (χ1) is 9.78. The average Bonchev–Trinajstić information content (AvgIpc) is 2.38. The van der Waals surface area contributed by atoms with Crippen molar-refractivity contribution in [3.8, 4) is 16.9 Å². The predicted octanol–water partition coefficient (Wildman–Crippen LogP) is 4.26. The predicted molar refractivity (Wildman–Crippen MR) is 70.3 cm³/mol. The molecule has 0 heterocycles. The maximum Gasteiger partial charge on any atom is 0.573 e. The lowest BCUT2D eigenvalue weighted by atomic mass is 9.96. The standard InChI is InChI=1S/C15H11F3O3/c1-9-12(3-2-4-13(9)14(19)20)10-5-7-11(8-6-10)21-15(16,17)18/h2-8H,1H3,(H,19,20). The van der Waals surface area contributed by atoms with Crippen LogP contribution in [0, 0.1) is 6.92 Å². The fourth-order valence-corrected chi connectivity index (χ4v) is 2.02.